The van der Waals surface area contributed by atoms with Crippen molar-refractivity contribution in [2.75, 3.05) is 5.32 Å². The van der Waals surface area contributed by atoms with E-state index in [9.17, 15) is 0 Å². The van der Waals surface area contributed by atoms with Crippen LogP contribution >= 0.6 is 15.9 Å². The molecule has 0 radical (unpaired) electrons. The number of halogens is 1. The highest BCUT2D eigenvalue weighted by Gasteiger charge is 2.10. The molecule has 0 amide bonds. The van der Waals surface area contributed by atoms with Gasteiger partial charge in [-0.2, -0.15) is 5.10 Å². The lowest BCUT2D eigenvalue weighted by Crippen LogP contribution is -2.09. The van der Waals surface area contributed by atoms with Gasteiger partial charge < -0.3 is 5.32 Å². The van der Waals surface area contributed by atoms with Gasteiger partial charge in [0.25, 0.3) is 0 Å². The highest BCUT2D eigenvalue weighted by atomic mass is 79.9. The van der Waals surface area contributed by atoms with Gasteiger partial charge >= 0.3 is 0 Å². The fourth-order valence-corrected chi connectivity index (χ4v) is 2.63. The molecular weight excluding hydrogens is 278 g/mol. The number of hydrogen-bond donors (Lipinski definition) is 2. The molecule has 0 fully saturated rings. The third-order valence-electron chi connectivity index (χ3n) is 2.85. The number of benzene rings is 1. The van der Waals surface area contributed by atoms with Gasteiger partial charge in [0, 0.05) is 16.4 Å². The zero-order chi connectivity index (χ0) is 12.4. The number of hydrogen-bond acceptors (Lipinski definition) is 2. The lowest BCUT2D eigenvalue weighted by atomic mass is 10.1. The summed E-state index contributed by atoms with van der Waals surface area (Å²) < 4.78 is 1.12. The van der Waals surface area contributed by atoms with Crippen LogP contribution in [0.4, 0.5) is 5.69 Å². The maximum Gasteiger partial charge on any atom is 0.0651 e. The molecule has 90 valence electrons. The first-order chi connectivity index (χ1) is 8.08. The van der Waals surface area contributed by atoms with Gasteiger partial charge in [0.05, 0.1) is 11.7 Å². The van der Waals surface area contributed by atoms with Crippen LogP contribution in [0.1, 0.15) is 29.8 Å². The Labute approximate surface area is 110 Å². The normalized spacial score (nSPS) is 12.5. The quantitative estimate of drug-likeness (QED) is 0.899. The highest BCUT2D eigenvalue weighted by molar-refractivity contribution is 9.10. The van der Waals surface area contributed by atoms with Crippen molar-refractivity contribution in [3.63, 3.8) is 0 Å². The third kappa shape index (κ3) is 2.69. The minimum Gasteiger partial charge on any atom is -0.377 e. The zero-order valence-electron chi connectivity index (χ0n) is 10.2. The second-order valence-electron chi connectivity index (χ2n) is 4.29. The van der Waals surface area contributed by atoms with E-state index in [4.69, 9.17) is 0 Å². The van der Waals surface area contributed by atoms with Gasteiger partial charge in [-0.25, -0.2) is 0 Å². The maximum atomic E-state index is 3.97. The Morgan fingerprint density at radius 3 is 2.47 bits per heavy atom. The predicted octanol–water partition coefficient (Wildman–Crippen LogP) is 3.96. The number of aryl methyl sites for hydroxylation is 2. The lowest BCUT2D eigenvalue weighted by molar-refractivity contribution is 0.823. The van der Waals surface area contributed by atoms with Crippen molar-refractivity contribution in [2.24, 2.45) is 0 Å². The molecule has 0 aliphatic heterocycles. The summed E-state index contributed by atoms with van der Waals surface area (Å²) in [5.41, 5.74) is 4.76. The number of nitrogens with zero attached hydrogens (tertiary/aromatic N) is 1. The van der Waals surface area contributed by atoms with Gasteiger partial charge in [-0.1, -0.05) is 15.9 Å². The summed E-state index contributed by atoms with van der Waals surface area (Å²) in [6.07, 6.45) is 1.77. The Bertz CT molecular complexity index is 482. The van der Waals surface area contributed by atoms with E-state index >= 15 is 0 Å². The molecule has 2 N–H and O–H groups in total. The average molecular weight is 294 g/mol. The summed E-state index contributed by atoms with van der Waals surface area (Å²) in [4.78, 5) is 0. The molecule has 4 heteroatoms. The molecule has 1 heterocycles. The van der Waals surface area contributed by atoms with Crippen LogP contribution in [0.15, 0.2) is 28.9 Å². The summed E-state index contributed by atoms with van der Waals surface area (Å²) in [7, 11) is 0. The van der Waals surface area contributed by atoms with Crippen molar-refractivity contribution >= 4 is 21.6 Å². The molecule has 2 rings (SSSR count). The van der Waals surface area contributed by atoms with Crippen LogP contribution in [0.25, 0.3) is 0 Å². The molecule has 0 aliphatic rings. The summed E-state index contributed by atoms with van der Waals surface area (Å²) in [6.45, 7) is 6.34. The fraction of sp³-hybridized carbons (Fsp3) is 0.308. The Balaban J connectivity index is 2.25. The minimum atomic E-state index is 0.219. The molecule has 1 atom stereocenters. The van der Waals surface area contributed by atoms with Crippen LogP contribution in [0, 0.1) is 13.8 Å². The van der Waals surface area contributed by atoms with Gasteiger partial charge in [-0.15, -0.1) is 0 Å². The predicted molar refractivity (Wildman–Crippen MR) is 74.2 cm³/mol. The van der Waals surface area contributed by atoms with E-state index in [-0.39, 0.29) is 6.04 Å². The van der Waals surface area contributed by atoms with E-state index in [1.165, 1.54) is 16.8 Å². The van der Waals surface area contributed by atoms with Crippen LogP contribution in [0.3, 0.4) is 0 Å². The topological polar surface area (TPSA) is 40.7 Å². The second-order valence-corrected chi connectivity index (χ2v) is 5.21. The molecule has 0 saturated carbocycles. The largest absolute Gasteiger partial charge is 0.377 e. The van der Waals surface area contributed by atoms with Gasteiger partial charge in [0.2, 0.25) is 0 Å². The molecule has 1 aromatic heterocycles. The smallest absolute Gasteiger partial charge is 0.0651 e. The van der Waals surface area contributed by atoms with Crippen molar-refractivity contribution < 1.29 is 0 Å². The zero-order valence-corrected chi connectivity index (χ0v) is 11.8. The molecule has 3 nitrogen and oxygen atoms in total. The molecule has 0 bridgehead atoms. The van der Waals surface area contributed by atoms with Crippen LogP contribution < -0.4 is 5.32 Å². The fourth-order valence-electron chi connectivity index (χ4n) is 1.94. The minimum absolute atomic E-state index is 0.219. The van der Waals surface area contributed by atoms with Gasteiger partial charge in [0.1, 0.15) is 0 Å². The van der Waals surface area contributed by atoms with Crippen LogP contribution in [-0.2, 0) is 0 Å². The van der Waals surface area contributed by atoms with E-state index in [0.717, 1.165) is 10.2 Å². The Morgan fingerprint density at radius 1 is 1.29 bits per heavy atom. The summed E-state index contributed by atoms with van der Waals surface area (Å²) in [5.74, 6) is 0. The SMILES string of the molecule is Cc1cc(Br)cc(C)c1NC(C)c1ccn[nH]1. The molecule has 1 aromatic carbocycles. The van der Waals surface area contributed by atoms with Crippen LogP contribution in [0.5, 0.6) is 0 Å². The van der Waals surface area contributed by atoms with Gasteiger partial charge in [-0.3, -0.25) is 5.10 Å². The molecule has 0 spiro atoms. The van der Waals surface area contributed by atoms with Crippen LogP contribution in [-0.4, -0.2) is 10.2 Å². The first-order valence-corrected chi connectivity index (χ1v) is 6.40. The number of rotatable bonds is 3. The lowest BCUT2D eigenvalue weighted by Gasteiger charge is -2.18. The molecule has 0 aliphatic carbocycles. The van der Waals surface area contributed by atoms with Crippen molar-refractivity contribution in [3.05, 3.63) is 45.7 Å². The number of H-pyrrole nitrogens is 1. The Hall–Kier alpha value is -1.29. The van der Waals surface area contributed by atoms with Crippen molar-refractivity contribution in [3.8, 4) is 0 Å². The molecule has 0 saturated heterocycles. The second kappa shape index (κ2) is 4.92. The number of nitrogens with one attached hydrogen (secondary N) is 2. The Kier molecular flexibility index (Phi) is 3.52. The molecule has 2 aromatic rings. The van der Waals surface area contributed by atoms with E-state index in [2.05, 4.69) is 64.3 Å². The van der Waals surface area contributed by atoms with E-state index in [1.807, 2.05) is 6.07 Å². The van der Waals surface area contributed by atoms with E-state index < -0.39 is 0 Å². The summed E-state index contributed by atoms with van der Waals surface area (Å²) >= 11 is 3.51. The first kappa shape index (κ1) is 12.2. The maximum absolute atomic E-state index is 3.97. The van der Waals surface area contributed by atoms with Gasteiger partial charge in [0.15, 0.2) is 0 Å². The summed E-state index contributed by atoms with van der Waals surface area (Å²) in [5, 5.41) is 10.5. The molecule has 17 heavy (non-hydrogen) atoms. The average Bonchev–Trinajstić information content (AvgIpc) is 2.76. The van der Waals surface area contributed by atoms with Crippen molar-refractivity contribution in [1.82, 2.24) is 10.2 Å². The number of anilines is 1. The van der Waals surface area contributed by atoms with Crippen molar-refractivity contribution in [2.45, 2.75) is 26.8 Å². The Morgan fingerprint density at radius 2 is 1.94 bits per heavy atom. The van der Waals surface area contributed by atoms with Gasteiger partial charge in [-0.05, 0) is 50.1 Å². The first-order valence-electron chi connectivity index (χ1n) is 5.60. The van der Waals surface area contributed by atoms with Crippen molar-refractivity contribution in [1.29, 1.82) is 0 Å². The highest BCUT2D eigenvalue weighted by Crippen LogP contribution is 2.28. The van der Waals surface area contributed by atoms with E-state index in [0.29, 0.717) is 0 Å². The summed E-state index contributed by atoms with van der Waals surface area (Å²) in [6, 6.07) is 6.45. The van der Waals surface area contributed by atoms with Crippen LogP contribution in [0.2, 0.25) is 0 Å². The number of aromatic amines is 1. The van der Waals surface area contributed by atoms with E-state index in [1.54, 1.807) is 6.20 Å². The standard InChI is InChI=1S/C13H16BrN3/c1-8-6-11(14)7-9(2)13(8)16-10(3)12-4-5-15-17-12/h4-7,10,16H,1-3H3,(H,15,17). The molecule has 1 unspecified atom stereocenters. The molecular formula is C13H16BrN3. The monoisotopic (exact) mass is 293 g/mol. The third-order valence-corrected chi connectivity index (χ3v) is 3.30. The number of aromatic nitrogens is 2.